The molecule has 2 N–H and O–H groups in total. The Hall–Kier alpha value is -0.610. The molecule has 0 saturated carbocycles. The largest absolute Gasteiger partial charge is 0.354 e. The number of rotatable bonds is 3. The molecule has 0 aromatic heterocycles. The molecule has 18 heavy (non-hydrogen) atoms. The van der Waals surface area contributed by atoms with Gasteiger partial charge in [-0.3, -0.25) is 4.79 Å². The molecule has 0 spiro atoms. The molecule has 0 aromatic carbocycles. The summed E-state index contributed by atoms with van der Waals surface area (Å²) in [4.78, 5) is 14.6. The van der Waals surface area contributed by atoms with Gasteiger partial charge >= 0.3 is 0 Å². The molecule has 1 amide bonds. The smallest absolute Gasteiger partial charge is 0.240 e. The summed E-state index contributed by atoms with van der Waals surface area (Å²) >= 11 is 0. The highest BCUT2D eigenvalue weighted by Gasteiger charge is 2.34. The Bertz CT molecular complexity index is 279. The molecule has 1 unspecified atom stereocenters. The van der Waals surface area contributed by atoms with Gasteiger partial charge in [-0.1, -0.05) is 0 Å². The lowest BCUT2D eigenvalue weighted by Gasteiger charge is -2.35. The molecule has 4 heteroatoms. The van der Waals surface area contributed by atoms with Crippen molar-refractivity contribution in [2.75, 3.05) is 33.2 Å². The second-order valence-corrected chi connectivity index (χ2v) is 6.17. The SMILES string of the molecule is CN1CCC(CNC(=O)C2(C)CCCCN2)CC1. The number of hydrogen-bond acceptors (Lipinski definition) is 3. The number of piperidine rings is 2. The van der Waals surface area contributed by atoms with E-state index in [9.17, 15) is 4.79 Å². The van der Waals surface area contributed by atoms with Gasteiger partial charge in [0, 0.05) is 6.54 Å². The van der Waals surface area contributed by atoms with Crippen molar-refractivity contribution in [3.05, 3.63) is 0 Å². The third-order valence-corrected chi connectivity index (χ3v) is 4.51. The second kappa shape index (κ2) is 6.02. The molecule has 2 rings (SSSR count). The molecular weight excluding hydrogens is 226 g/mol. The molecule has 2 saturated heterocycles. The third-order valence-electron chi connectivity index (χ3n) is 4.51. The number of nitrogens with zero attached hydrogens (tertiary/aromatic N) is 1. The van der Waals surface area contributed by atoms with Crippen molar-refractivity contribution in [3.8, 4) is 0 Å². The quantitative estimate of drug-likeness (QED) is 0.788. The molecule has 2 aliphatic heterocycles. The van der Waals surface area contributed by atoms with Crippen molar-refractivity contribution in [2.45, 2.75) is 44.6 Å². The van der Waals surface area contributed by atoms with E-state index in [0.29, 0.717) is 5.92 Å². The van der Waals surface area contributed by atoms with Crippen molar-refractivity contribution in [1.29, 1.82) is 0 Å². The number of amides is 1. The predicted molar refractivity (Wildman–Crippen MR) is 73.5 cm³/mol. The lowest BCUT2D eigenvalue weighted by Crippen LogP contribution is -2.57. The zero-order valence-electron chi connectivity index (χ0n) is 11.8. The van der Waals surface area contributed by atoms with Crippen LogP contribution in [0, 0.1) is 5.92 Å². The first kappa shape index (κ1) is 13.8. The van der Waals surface area contributed by atoms with Crippen LogP contribution >= 0.6 is 0 Å². The van der Waals surface area contributed by atoms with Crippen LogP contribution in [0.2, 0.25) is 0 Å². The molecule has 2 heterocycles. The maximum Gasteiger partial charge on any atom is 0.240 e. The molecule has 4 nitrogen and oxygen atoms in total. The summed E-state index contributed by atoms with van der Waals surface area (Å²) in [7, 11) is 2.17. The predicted octanol–water partition coefficient (Wildman–Crippen LogP) is 0.977. The Morgan fingerprint density at radius 2 is 2.11 bits per heavy atom. The number of nitrogens with one attached hydrogen (secondary N) is 2. The minimum atomic E-state index is -0.330. The van der Waals surface area contributed by atoms with Crippen LogP contribution in [0.4, 0.5) is 0 Å². The monoisotopic (exact) mass is 253 g/mol. The van der Waals surface area contributed by atoms with Crippen LogP contribution in [0.15, 0.2) is 0 Å². The van der Waals surface area contributed by atoms with Gasteiger partial charge in [0.1, 0.15) is 0 Å². The Balaban J connectivity index is 1.74. The Kier molecular flexibility index (Phi) is 4.62. The van der Waals surface area contributed by atoms with Gasteiger partial charge in [-0.15, -0.1) is 0 Å². The first-order valence-corrected chi connectivity index (χ1v) is 7.32. The Morgan fingerprint density at radius 1 is 1.39 bits per heavy atom. The number of likely N-dealkylation sites (tertiary alicyclic amines) is 1. The van der Waals surface area contributed by atoms with Gasteiger partial charge in [-0.2, -0.15) is 0 Å². The van der Waals surface area contributed by atoms with Crippen LogP contribution in [-0.4, -0.2) is 49.6 Å². The van der Waals surface area contributed by atoms with Crippen LogP contribution in [0.3, 0.4) is 0 Å². The van der Waals surface area contributed by atoms with Crippen molar-refractivity contribution < 1.29 is 4.79 Å². The van der Waals surface area contributed by atoms with Crippen LogP contribution in [-0.2, 0) is 4.79 Å². The average molecular weight is 253 g/mol. The number of carbonyl (C=O) groups excluding carboxylic acids is 1. The fourth-order valence-corrected chi connectivity index (χ4v) is 2.95. The molecule has 1 atom stereocenters. The molecule has 2 aliphatic rings. The average Bonchev–Trinajstić information content (AvgIpc) is 2.38. The lowest BCUT2D eigenvalue weighted by molar-refractivity contribution is -0.128. The molecule has 0 bridgehead atoms. The van der Waals surface area contributed by atoms with Crippen molar-refractivity contribution in [1.82, 2.24) is 15.5 Å². The molecule has 0 radical (unpaired) electrons. The summed E-state index contributed by atoms with van der Waals surface area (Å²) in [5.74, 6) is 0.860. The second-order valence-electron chi connectivity index (χ2n) is 6.17. The maximum absolute atomic E-state index is 12.2. The normalized spacial score (nSPS) is 31.2. The fourth-order valence-electron chi connectivity index (χ4n) is 2.95. The van der Waals surface area contributed by atoms with Crippen LogP contribution in [0.5, 0.6) is 0 Å². The molecular formula is C14H27N3O. The summed E-state index contributed by atoms with van der Waals surface area (Å²) in [5.41, 5.74) is -0.330. The third kappa shape index (κ3) is 3.45. The van der Waals surface area contributed by atoms with E-state index in [1.165, 1.54) is 19.3 Å². The fraction of sp³-hybridized carbons (Fsp3) is 0.929. The van der Waals surface area contributed by atoms with Gasteiger partial charge in [0.2, 0.25) is 5.91 Å². The van der Waals surface area contributed by atoms with Crippen LogP contribution in [0.25, 0.3) is 0 Å². The first-order chi connectivity index (χ1) is 8.60. The van der Waals surface area contributed by atoms with E-state index in [1.807, 2.05) is 6.92 Å². The van der Waals surface area contributed by atoms with Crippen molar-refractivity contribution in [2.24, 2.45) is 5.92 Å². The first-order valence-electron chi connectivity index (χ1n) is 7.32. The van der Waals surface area contributed by atoms with E-state index < -0.39 is 0 Å². The molecule has 0 aliphatic carbocycles. The topological polar surface area (TPSA) is 44.4 Å². The minimum absolute atomic E-state index is 0.195. The van der Waals surface area contributed by atoms with E-state index in [2.05, 4.69) is 22.6 Å². The summed E-state index contributed by atoms with van der Waals surface area (Å²) in [6.45, 7) is 6.18. The summed E-state index contributed by atoms with van der Waals surface area (Å²) in [5, 5.41) is 6.53. The highest BCUT2D eigenvalue weighted by molar-refractivity contribution is 5.85. The van der Waals surface area contributed by atoms with Gasteiger partial charge in [-0.25, -0.2) is 0 Å². The van der Waals surface area contributed by atoms with Gasteiger partial charge in [0.05, 0.1) is 5.54 Å². The summed E-state index contributed by atoms with van der Waals surface area (Å²) in [6.07, 6.45) is 5.73. The minimum Gasteiger partial charge on any atom is -0.354 e. The van der Waals surface area contributed by atoms with E-state index in [4.69, 9.17) is 0 Å². The summed E-state index contributed by atoms with van der Waals surface area (Å²) in [6, 6.07) is 0. The summed E-state index contributed by atoms with van der Waals surface area (Å²) < 4.78 is 0. The van der Waals surface area contributed by atoms with Gasteiger partial charge in [0.25, 0.3) is 0 Å². The van der Waals surface area contributed by atoms with Gasteiger partial charge in [0.15, 0.2) is 0 Å². The standard InChI is InChI=1S/C14H27N3O/c1-14(7-3-4-8-16-14)13(18)15-11-12-5-9-17(2)10-6-12/h12,16H,3-11H2,1-2H3,(H,15,18). The highest BCUT2D eigenvalue weighted by atomic mass is 16.2. The Labute approximate surface area is 110 Å². The molecule has 2 fully saturated rings. The highest BCUT2D eigenvalue weighted by Crippen LogP contribution is 2.20. The zero-order chi connectivity index (χ0) is 13.0. The van der Waals surface area contributed by atoms with Gasteiger partial charge in [-0.05, 0) is 71.6 Å². The Morgan fingerprint density at radius 3 is 2.72 bits per heavy atom. The van der Waals surface area contributed by atoms with Crippen molar-refractivity contribution in [3.63, 3.8) is 0 Å². The lowest BCUT2D eigenvalue weighted by atomic mass is 9.89. The van der Waals surface area contributed by atoms with E-state index in [0.717, 1.165) is 39.0 Å². The molecule has 0 aromatic rings. The number of hydrogen-bond donors (Lipinski definition) is 2. The van der Waals surface area contributed by atoms with E-state index in [1.54, 1.807) is 0 Å². The van der Waals surface area contributed by atoms with E-state index >= 15 is 0 Å². The van der Waals surface area contributed by atoms with Crippen LogP contribution in [0.1, 0.15) is 39.0 Å². The molecule has 104 valence electrons. The maximum atomic E-state index is 12.2. The van der Waals surface area contributed by atoms with Crippen molar-refractivity contribution >= 4 is 5.91 Å². The number of carbonyl (C=O) groups is 1. The van der Waals surface area contributed by atoms with Gasteiger partial charge < -0.3 is 15.5 Å². The van der Waals surface area contributed by atoms with E-state index in [-0.39, 0.29) is 11.4 Å². The van der Waals surface area contributed by atoms with Crippen LogP contribution < -0.4 is 10.6 Å². The zero-order valence-corrected chi connectivity index (χ0v) is 11.8.